The van der Waals surface area contributed by atoms with Crippen LogP contribution in [-0.4, -0.2) is 11.1 Å². The minimum absolute atomic E-state index is 0.117. The molecule has 0 radical (unpaired) electrons. The van der Waals surface area contributed by atoms with Crippen molar-refractivity contribution in [1.29, 1.82) is 0 Å². The minimum Gasteiger partial charge on any atom is -0.481 e. The van der Waals surface area contributed by atoms with Crippen molar-refractivity contribution in [3.05, 3.63) is 75.5 Å². The molecule has 0 bridgehead atoms. The molecule has 3 rings (SSSR count). The molecular formula is C18H12BrFO2. The maximum atomic E-state index is 13.5. The highest BCUT2D eigenvalue weighted by atomic mass is 79.9. The summed E-state index contributed by atoms with van der Waals surface area (Å²) < 4.78 is 14.5. The van der Waals surface area contributed by atoms with E-state index >= 15 is 0 Å². The van der Waals surface area contributed by atoms with E-state index in [0.29, 0.717) is 11.1 Å². The lowest BCUT2D eigenvalue weighted by Crippen LogP contribution is -1.96. The Morgan fingerprint density at radius 2 is 1.86 bits per heavy atom. The molecule has 1 aliphatic carbocycles. The maximum Gasteiger partial charge on any atom is 0.307 e. The first kappa shape index (κ1) is 14.7. The average Bonchev–Trinajstić information content (AvgIpc) is 2.78. The zero-order valence-electron chi connectivity index (χ0n) is 11.5. The molecule has 0 fully saturated rings. The van der Waals surface area contributed by atoms with E-state index in [1.165, 1.54) is 12.1 Å². The lowest BCUT2D eigenvalue weighted by atomic mass is 10.0. The second-order valence-electron chi connectivity index (χ2n) is 5.08. The quantitative estimate of drug-likeness (QED) is 0.837. The first-order valence-electron chi connectivity index (χ1n) is 6.73. The molecule has 0 atom stereocenters. The van der Waals surface area contributed by atoms with Crippen LogP contribution in [0.25, 0.3) is 17.2 Å². The Labute approximate surface area is 135 Å². The number of hydrogen-bond acceptors (Lipinski definition) is 1. The fraction of sp³-hybridized carbons (Fsp3) is 0.0556. The van der Waals surface area contributed by atoms with Gasteiger partial charge in [-0.1, -0.05) is 34.1 Å². The number of hydrogen-bond donors (Lipinski definition) is 1. The molecule has 0 unspecified atom stereocenters. The molecule has 0 aliphatic heterocycles. The zero-order chi connectivity index (χ0) is 15.7. The summed E-state index contributed by atoms with van der Waals surface area (Å²) in [4.78, 5) is 11.0. The third kappa shape index (κ3) is 3.02. The Morgan fingerprint density at radius 1 is 1.14 bits per heavy atom. The molecule has 0 amide bonds. The number of allylic oxidation sites excluding steroid dienone is 2. The van der Waals surface area contributed by atoms with Gasteiger partial charge in [0.1, 0.15) is 5.82 Å². The molecule has 2 nitrogen and oxygen atoms in total. The van der Waals surface area contributed by atoms with Gasteiger partial charge in [-0.15, -0.1) is 0 Å². The smallest absolute Gasteiger partial charge is 0.307 e. The zero-order valence-corrected chi connectivity index (χ0v) is 13.1. The third-order valence-corrected chi connectivity index (χ3v) is 4.03. The predicted octanol–water partition coefficient (Wildman–Crippen LogP) is 5.00. The first-order chi connectivity index (χ1) is 10.5. The van der Waals surface area contributed by atoms with Crippen LogP contribution >= 0.6 is 15.9 Å². The Kier molecular flexibility index (Phi) is 3.94. The topological polar surface area (TPSA) is 37.3 Å². The number of carboxylic acids is 1. The number of halogens is 2. The van der Waals surface area contributed by atoms with E-state index in [9.17, 15) is 9.18 Å². The fourth-order valence-corrected chi connectivity index (χ4v) is 2.81. The van der Waals surface area contributed by atoms with Gasteiger partial charge >= 0.3 is 5.97 Å². The van der Waals surface area contributed by atoms with Crippen molar-refractivity contribution in [3.63, 3.8) is 0 Å². The summed E-state index contributed by atoms with van der Waals surface area (Å²) in [5.74, 6) is -1.29. The maximum absolute atomic E-state index is 13.5. The lowest BCUT2D eigenvalue weighted by Gasteiger charge is -2.04. The van der Waals surface area contributed by atoms with E-state index in [2.05, 4.69) is 15.9 Å². The molecular weight excluding hydrogens is 347 g/mol. The molecule has 0 heterocycles. The lowest BCUT2D eigenvalue weighted by molar-refractivity contribution is -0.135. The second kappa shape index (κ2) is 5.89. The summed E-state index contributed by atoms with van der Waals surface area (Å²) >= 11 is 3.39. The summed E-state index contributed by atoms with van der Waals surface area (Å²) in [6.45, 7) is 0. The molecule has 1 N–H and O–H groups in total. The van der Waals surface area contributed by atoms with E-state index in [1.807, 2.05) is 36.4 Å². The predicted molar refractivity (Wildman–Crippen MR) is 88.6 cm³/mol. The molecule has 0 saturated heterocycles. The molecule has 2 aromatic rings. The highest BCUT2D eigenvalue weighted by Gasteiger charge is 2.20. The van der Waals surface area contributed by atoms with Crippen molar-refractivity contribution in [2.45, 2.75) is 6.42 Å². The van der Waals surface area contributed by atoms with Gasteiger partial charge in [-0.3, -0.25) is 4.79 Å². The van der Waals surface area contributed by atoms with Gasteiger partial charge in [-0.2, -0.15) is 0 Å². The van der Waals surface area contributed by atoms with Crippen LogP contribution in [0.4, 0.5) is 4.39 Å². The molecule has 4 heteroatoms. The molecule has 0 aromatic heterocycles. The largest absolute Gasteiger partial charge is 0.481 e. The molecule has 0 saturated carbocycles. The van der Waals surface area contributed by atoms with Gasteiger partial charge < -0.3 is 5.11 Å². The molecule has 110 valence electrons. The highest BCUT2D eigenvalue weighted by molar-refractivity contribution is 9.10. The van der Waals surface area contributed by atoms with Gasteiger partial charge in [0.05, 0.1) is 6.42 Å². The van der Waals surface area contributed by atoms with E-state index < -0.39 is 5.97 Å². The van der Waals surface area contributed by atoms with Gasteiger partial charge in [0.25, 0.3) is 0 Å². The monoisotopic (exact) mass is 358 g/mol. The normalized spacial score (nSPS) is 14.8. The third-order valence-electron chi connectivity index (χ3n) is 3.50. The average molecular weight is 359 g/mol. The van der Waals surface area contributed by atoms with Crippen molar-refractivity contribution in [1.82, 2.24) is 0 Å². The van der Waals surface area contributed by atoms with Gasteiger partial charge in [-0.05, 0) is 64.3 Å². The first-order valence-corrected chi connectivity index (χ1v) is 7.52. The highest BCUT2D eigenvalue weighted by Crippen LogP contribution is 2.38. The van der Waals surface area contributed by atoms with Crippen LogP contribution in [0.15, 0.2) is 53.0 Å². The Hall–Kier alpha value is -2.20. The van der Waals surface area contributed by atoms with Crippen LogP contribution < -0.4 is 0 Å². The Morgan fingerprint density at radius 3 is 2.55 bits per heavy atom. The Bertz CT molecular complexity index is 804. The molecule has 1 aliphatic rings. The van der Waals surface area contributed by atoms with Crippen LogP contribution in [0.5, 0.6) is 0 Å². The fourth-order valence-electron chi connectivity index (χ4n) is 2.54. The van der Waals surface area contributed by atoms with E-state index in [-0.39, 0.29) is 12.2 Å². The minimum atomic E-state index is -0.925. The van der Waals surface area contributed by atoms with Gasteiger partial charge in [0.15, 0.2) is 0 Å². The van der Waals surface area contributed by atoms with Crippen LogP contribution in [0.2, 0.25) is 0 Å². The van der Waals surface area contributed by atoms with E-state index in [1.54, 1.807) is 6.07 Å². The van der Waals surface area contributed by atoms with Crippen LogP contribution in [0, 0.1) is 5.82 Å². The number of carboxylic acid groups (broad SMARTS) is 1. The van der Waals surface area contributed by atoms with Crippen molar-refractivity contribution in [2.24, 2.45) is 0 Å². The standard InChI is InChI=1S/C18H12BrFO2/c19-14-3-1-11(2-4-14)7-12-8-13(9-18(21)22)17-10-15(20)5-6-16(12)17/h1-8,10H,9H2,(H,21,22). The summed E-state index contributed by atoms with van der Waals surface area (Å²) in [6, 6.07) is 12.3. The van der Waals surface area contributed by atoms with Crippen molar-refractivity contribution >= 4 is 39.1 Å². The van der Waals surface area contributed by atoms with Crippen LogP contribution in [0.3, 0.4) is 0 Å². The van der Waals surface area contributed by atoms with Gasteiger partial charge in [0.2, 0.25) is 0 Å². The summed E-state index contributed by atoms with van der Waals surface area (Å²) in [7, 11) is 0. The van der Waals surface area contributed by atoms with Gasteiger partial charge in [0, 0.05) is 4.47 Å². The van der Waals surface area contributed by atoms with Crippen molar-refractivity contribution in [3.8, 4) is 0 Å². The number of benzene rings is 2. The molecule has 0 spiro atoms. The number of rotatable bonds is 3. The summed E-state index contributed by atoms with van der Waals surface area (Å²) in [5.41, 5.74) is 4.05. The van der Waals surface area contributed by atoms with Crippen molar-refractivity contribution < 1.29 is 14.3 Å². The van der Waals surface area contributed by atoms with Crippen LogP contribution in [-0.2, 0) is 4.79 Å². The van der Waals surface area contributed by atoms with Crippen LogP contribution in [0.1, 0.15) is 23.1 Å². The second-order valence-corrected chi connectivity index (χ2v) is 6.00. The summed E-state index contributed by atoms with van der Waals surface area (Å²) in [5, 5.41) is 9.02. The van der Waals surface area contributed by atoms with Gasteiger partial charge in [-0.25, -0.2) is 4.39 Å². The van der Waals surface area contributed by atoms with E-state index in [0.717, 1.165) is 21.2 Å². The Balaban J connectivity index is 2.07. The molecule has 22 heavy (non-hydrogen) atoms. The number of fused-ring (bicyclic) bond motifs is 1. The SMILES string of the molecule is O=C(O)CC1=CC(=Cc2ccc(Br)cc2)c2ccc(F)cc21. The van der Waals surface area contributed by atoms with Crippen molar-refractivity contribution in [2.75, 3.05) is 0 Å². The number of carbonyl (C=O) groups is 1. The number of aliphatic carboxylic acids is 1. The van der Waals surface area contributed by atoms with E-state index in [4.69, 9.17) is 5.11 Å². The summed E-state index contributed by atoms with van der Waals surface area (Å²) in [6.07, 6.45) is 3.67. The molecule has 2 aromatic carbocycles.